The lowest BCUT2D eigenvalue weighted by molar-refractivity contribution is -0.249. The van der Waals surface area contributed by atoms with Gasteiger partial charge in [-0.25, -0.2) is 0 Å². The minimum atomic E-state index is -0.743. The fraction of sp³-hybridized carbons (Fsp3) is 0.806. The van der Waals surface area contributed by atoms with Gasteiger partial charge in [-0.3, -0.25) is 0 Å². The SMILES string of the molecule is C[C@]12CC[C@H](OCCCO)C[C@H]1CC[C@@H]1[C@@H]2CC[C@]2(C)[C@@](OCCCO)(c3ccccc3)CC[C@]12O. The molecule has 4 aliphatic carbocycles. The Bertz CT molecular complexity index is 877. The van der Waals surface area contributed by atoms with Crippen molar-refractivity contribution in [2.24, 2.45) is 28.6 Å². The molecule has 0 aromatic heterocycles. The third-order valence-corrected chi connectivity index (χ3v) is 11.5. The monoisotopic (exact) mass is 500 g/mol. The average Bonchev–Trinajstić information content (AvgIpc) is 3.13. The Morgan fingerprint density at radius 1 is 0.833 bits per heavy atom. The number of hydrogen-bond acceptors (Lipinski definition) is 5. The van der Waals surface area contributed by atoms with Gasteiger partial charge in [-0.2, -0.15) is 0 Å². The first kappa shape index (κ1) is 26.6. The van der Waals surface area contributed by atoms with E-state index < -0.39 is 11.2 Å². The van der Waals surface area contributed by atoms with Crippen molar-refractivity contribution in [2.75, 3.05) is 26.4 Å². The highest BCUT2D eigenvalue weighted by Gasteiger charge is 2.72. The molecule has 4 saturated carbocycles. The number of hydrogen-bond donors (Lipinski definition) is 3. The number of benzene rings is 1. The van der Waals surface area contributed by atoms with Crippen molar-refractivity contribution in [1.82, 2.24) is 0 Å². The van der Waals surface area contributed by atoms with E-state index in [0.29, 0.717) is 43.5 Å². The second kappa shape index (κ2) is 10.3. The first-order valence-electron chi connectivity index (χ1n) is 14.6. The minimum absolute atomic E-state index is 0.126. The van der Waals surface area contributed by atoms with Crippen molar-refractivity contribution in [1.29, 1.82) is 0 Å². The molecule has 4 fully saturated rings. The first-order chi connectivity index (χ1) is 17.3. The first-order valence-corrected chi connectivity index (χ1v) is 14.6. The molecule has 0 aliphatic heterocycles. The van der Waals surface area contributed by atoms with Crippen LogP contribution in [0.1, 0.15) is 90.0 Å². The van der Waals surface area contributed by atoms with Gasteiger partial charge >= 0.3 is 0 Å². The van der Waals surface area contributed by atoms with Crippen LogP contribution in [0.4, 0.5) is 0 Å². The van der Waals surface area contributed by atoms with Crippen LogP contribution in [0.2, 0.25) is 0 Å². The summed E-state index contributed by atoms with van der Waals surface area (Å²) in [6, 6.07) is 10.6. The van der Waals surface area contributed by atoms with Crippen molar-refractivity contribution in [3.63, 3.8) is 0 Å². The van der Waals surface area contributed by atoms with Gasteiger partial charge in [-0.05, 0) is 99.4 Å². The third-order valence-electron chi connectivity index (χ3n) is 11.5. The lowest BCUT2D eigenvalue weighted by Crippen LogP contribution is -2.65. The van der Waals surface area contributed by atoms with E-state index in [9.17, 15) is 10.2 Å². The molecule has 202 valence electrons. The Balaban J connectivity index is 1.41. The maximum absolute atomic E-state index is 12.7. The quantitative estimate of drug-likeness (QED) is 0.406. The third kappa shape index (κ3) is 4.00. The van der Waals surface area contributed by atoms with Gasteiger partial charge in [0.05, 0.1) is 11.7 Å². The molecule has 0 heterocycles. The maximum atomic E-state index is 12.7. The molecule has 3 N–H and O–H groups in total. The highest BCUT2D eigenvalue weighted by molar-refractivity contribution is 5.33. The molecule has 5 rings (SSSR count). The Hall–Kier alpha value is -0.980. The van der Waals surface area contributed by atoms with E-state index >= 15 is 0 Å². The van der Waals surface area contributed by atoms with Gasteiger partial charge in [0.15, 0.2) is 0 Å². The van der Waals surface area contributed by atoms with Crippen LogP contribution in [0, 0.1) is 28.6 Å². The fourth-order valence-corrected chi connectivity index (χ4v) is 9.45. The van der Waals surface area contributed by atoms with Crippen LogP contribution in [0.3, 0.4) is 0 Å². The molecule has 5 nitrogen and oxygen atoms in total. The van der Waals surface area contributed by atoms with Crippen LogP contribution in [-0.2, 0) is 15.1 Å². The van der Waals surface area contributed by atoms with Gasteiger partial charge in [0.25, 0.3) is 0 Å². The van der Waals surface area contributed by atoms with Crippen molar-refractivity contribution in [3.05, 3.63) is 35.9 Å². The summed E-state index contributed by atoms with van der Waals surface area (Å²) in [6.45, 7) is 6.32. The van der Waals surface area contributed by atoms with Gasteiger partial charge in [0, 0.05) is 31.8 Å². The van der Waals surface area contributed by atoms with Gasteiger partial charge in [0.1, 0.15) is 5.60 Å². The maximum Gasteiger partial charge on any atom is 0.101 e. The standard InChI is InChI=1S/C31H48O5/c1-28-14-12-25(35-20-6-18-32)22-24(28)10-11-27-26(28)13-15-29(2)30(27,34)16-17-31(29,36-21-7-19-33)23-8-4-3-5-9-23/h3-5,8-9,24-27,32-34H,6-7,10-22H2,1-2H3/t24-,25+,26+,27-,28+,29+,30+,31+/m1/s1. The van der Waals surface area contributed by atoms with Crippen LogP contribution in [0.5, 0.6) is 0 Å². The second-order valence-corrected chi connectivity index (χ2v) is 12.8. The van der Waals surface area contributed by atoms with E-state index in [0.717, 1.165) is 51.4 Å². The Morgan fingerprint density at radius 2 is 1.58 bits per heavy atom. The fourth-order valence-electron chi connectivity index (χ4n) is 9.45. The number of aliphatic hydroxyl groups excluding tert-OH is 2. The molecule has 0 unspecified atom stereocenters. The predicted octanol–water partition coefficient (Wildman–Crippen LogP) is 5.21. The highest BCUT2D eigenvalue weighted by atomic mass is 16.5. The summed E-state index contributed by atoms with van der Waals surface area (Å²) in [5.74, 6) is 1.49. The largest absolute Gasteiger partial charge is 0.396 e. The second-order valence-electron chi connectivity index (χ2n) is 12.8. The molecular formula is C31H48O5. The summed E-state index contributed by atoms with van der Waals surface area (Å²) in [7, 11) is 0. The topological polar surface area (TPSA) is 79.2 Å². The van der Waals surface area contributed by atoms with Crippen LogP contribution >= 0.6 is 0 Å². The van der Waals surface area contributed by atoms with Crippen LogP contribution in [0.25, 0.3) is 0 Å². The van der Waals surface area contributed by atoms with E-state index in [2.05, 4.69) is 44.2 Å². The van der Waals surface area contributed by atoms with E-state index in [-0.39, 0.29) is 24.0 Å². The molecule has 8 atom stereocenters. The summed E-state index contributed by atoms with van der Waals surface area (Å²) in [5, 5.41) is 31.3. The number of ether oxygens (including phenoxy) is 2. The minimum Gasteiger partial charge on any atom is -0.396 e. The van der Waals surface area contributed by atoms with E-state index in [1.807, 2.05) is 0 Å². The summed E-state index contributed by atoms with van der Waals surface area (Å²) in [4.78, 5) is 0. The molecule has 36 heavy (non-hydrogen) atoms. The van der Waals surface area contributed by atoms with Gasteiger partial charge in [-0.1, -0.05) is 44.2 Å². The predicted molar refractivity (Wildman–Crippen MR) is 140 cm³/mol. The van der Waals surface area contributed by atoms with E-state index in [1.54, 1.807) is 0 Å². The number of fused-ring (bicyclic) bond motifs is 5. The Kier molecular flexibility index (Phi) is 7.61. The van der Waals surface area contributed by atoms with Gasteiger partial charge in [-0.15, -0.1) is 0 Å². The zero-order valence-electron chi connectivity index (χ0n) is 22.5. The van der Waals surface area contributed by atoms with Crippen molar-refractivity contribution >= 4 is 0 Å². The molecule has 0 radical (unpaired) electrons. The zero-order chi connectivity index (χ0) is 25.4. The molecule has 0 spiro atoms. The molecule has 0 amide bonds. The molecule has 4 aliphatic rings. The van der Waals surface area contributed by atoms with Crippen LogP contribution < -0.4 is 0 Å². The van der Waals surface area contributed by atoms with E-state index in [1.165, 1.54) is 18.4 Å². The summed E-state index contributed by atoms with van der Waals surface area (Å²) < 4.78 is 12.9. The summed E-state index contributed by atoms with van der Waals surface area (Å²) in [5.41, 5.74) is -0.175. The Morgan fingerprint density at radius 3 is 2.33 bits per heavy atom. The summed E-state index contributed by atoms with van der Waals surface area (Å²) >= 11 is 0. The molecule has 0 bridgehead atoms. The molecular weight excluding hydrogens is 452 g/mol. The number of rotatable bonds is 9. The Labute approximate surface area is 217 Å². The lowest BCUT2D eigenvalue weighted by atomic mass is 9.42. The van der Waals surface area contributed by atoms with Crippen LogP contribution in [0.15, 0.2) is 30.3 Å². The average molecular weight is 501 g/mol. The smallest absolute Gasteiger partial charge is 0.101 e. The van der Waals surface area contributed by atoms with E-state index in [4.69, 9.17) is 14.6 Å². The van der Waals surface area contributed by atoms with Crippen LogP contribution in [-0.4, -0.2) is 53.5 Å². The molecule has 0 saturated heterocycles. The van der Waals surface area contributed by atoms with Crippen molar-refractivity contribution < 1.29 is 24.8 Å². The summed E-state index contributed by atoms with van der Waals surface area (Å²) in [6.07, 6.45) is 11.0. The van der Waals surface area contributed by atoms with Crippen molar-refractivity contribution in [3.8, 4) is 0 Å². The molecule has 1 aromatic carbocycles. The highest BCUT2D eigenvalue weighted by Crippen LogP contribution is 2.72. The normalized spacial score (nSPS) is 44.0. The zero-order valence-corrected chi connectivity index (χ0v) is 22.5. The molecule has 1 aromatic rings. The van der Waals surface area contributed by atoms with Gasteiger partial charge in [0.2, 0.25) is 0 Å². The van der Waals surface area contributed by atoms with Crippen molar-refractivity contribution in [2.45, 2.75) is 102 Å². The van der Waals surface area contributed by atoms with Gasteiger partial charge < -0.3 is 24.8 Å². The lowest BCUT2D eigenvalue weighted by Gasteiger charge is -2.65. The molecule has 5 heteroatoms. The number of aliphatic hydroxyl groups is 3.